The minimum atomic E-state index is -0.559. The Balaban J connectivity index is 1.36. The summed E-state index contributed by atoms with van der Waals surface area (Å²) in [6.45, 7) is 0.696. The Morgan fingerprint density at radius 1 is 1.29 bits per heavy atom. The Bertz CT molecular complexity index is 819. The summed E-state index contributed by atoms with van der Waals surface area (Å²) in [4.78, 5) is 31.2. The third-order valence-corrected chi connectivity index (χ3v) is 5.89. The van der Waals surface area contributed by atoms with Gasteiger partial charge < -0.3 is 15.0 Å². The van der Waals surface area contributed by atoms with Crippen LogP contribution in [0, 0.1) is 0 Å². The van der Waals surface area contributed by atoms with Crippen molar-refractivity contribution in [2.75, 3.05) is 25.5 Å². The molecule has 1 aliphatic carbocycles. The summed E-state index contributed by atoms with van der Waals surface area (Å²) in [7, 11) is 1.64. The molecule has 0 atom stereocenters. The molecule has 1 aromatic heterocycles. The number of thiazole rings is 1. The van der Waals surface area contributed by atoms with Crippen molar-refractivity contribution in [2.45, 2.75) is 32.2 Å². The first-order valence-corrected chi connectivity index (χ1v) is 10.4. The molecule has 1 aromatic carbocycles. The fourth-order valence-electron chi connectivity index (χ4n) is 2.85. The van der Waals surface area contributed by atoms with E-state index in [9.17, 15) is 9.59 Å². The molecule has 150 valence electrons. The summed E-state index contributed by atoms with van der Waals surface area (Å²) in [5.41, 5.74) is 1.93. The summed E-state index contributed by atoms with van der Waals surface area (Å²) < 4.78 is 5.15. The first kappa shape index (κ1) is 20.4. The number of likely N-dealkylation sites (N-methyl/N-ethyl adjacent to an activating group) is 1. The van der Waals surface area contributed by atoms with E-state index in [2.05, 4.69) is 15.6 Å². The highest BCUT2D eigenvalue weighted by molar-refractivity contribution is 7.15. The monoisotopic (exact) mass is 422 g/mol. The smallest absolute Gasteiger partial charge is 0.413 e. The first-order valence-electron chi connectivity index (χ1n) is 9.17. The second-order valence-corrected chi connectivity index (χ2v) is 8.02. The number of carbonyl (C=O) groups excluding carboxylic acids is 2. The van der Waals surface area contributed by atoms with Gasteiger partial charge in [-0.1, -0.05) is 29.8 Å². The summed E-state index contributed by atoms with van der Waals surface area (Å²) >= 11 is 7.58. The molecule has 0 saturated heterocycles. The van der Waals surface area contributed by atoms with Crippen molar-refractivity contribution >= 4 is 40.2 Å². The number of nitrogens with zero attached hydrogens (tertiary/aromatic N) is 2. The van der Waals surface area contributed by atoms with Crippen LogP contribution in [0.3, 0.4) is 0 Å². The number of hydrogen-bond donors (Lipinski definition) is 2. The normalized spacial score (nSPS) is 12.8. The number of aromatic nitrogens is 1. The fourth-order valence-corrected chi connectivity index (χ4v) is 4.09. The molecule has 1 heterocycles. The van der Waals surface area contributed by atoms with E-state index >= 15 is 0 Å². The molecule has 0 spiro atoms. The van der Waals surface area contributed by atoms with Gasteiger partial charge in [0, 0.05) is 23.5 Å². The number of aryl methyl sites for hydroxylation is 2. The second-order valence-electron chi connectivity index (χ2n) is 6.53. The molecule has 0 fully saturated rings. The lowest BCUT2D eigenvalue weighted by molar-refractivity contribution is 0.146. The van der Waals surface area contributed by atoms with Gasteiger partial charge in [-0.2, -0.15) is 0 Å². The summed E-state index contributed by atoms with van der Waals surface area (Å²) in [5.74, 6) is 0. The van der Waals surface area contributed by atoms with Gasteiger partial charge in [-0.15, -0.1) is 11.3 Å². The van der Waals surface area contributed by atoms with Gasteiger partial charge in [-0.3, -0.25) is 5.32 Å². The predicted molar refractivity (Wildman–Crippen MR) is 110 cm³/mol. The topological polar surface area (TPSA) is 83.6 Å². The van der Waals surface area contributed by atoms with E-state index in [1.807, 2.05) is 18.2 Å². The van der Waals surface area contributed by atoms with Gasteiger partial charge in [-0.05, 0) is 37.3 Å². The number of ether oxygens (including phenoxy) is 1. The van der Waals surface area contributed by atoms with E-state index < -0.39 is 6.09 Å². The zero-order valence-corrected chi connectivity index (χ0v) is 17.2. The van der Waals surface area contributed by atoms with E-state index in [-0.39, 0.29) is 19.2 Å². The van der Waals surface area contributed by atoms with Crippen LogP contribution in [-0.4, -0.2) is 42.2 Å². The van der Waals surface area contributed by atoms with Gasteiger partial charge in [0.1, 0.15) is 6.61 Å². The van der Waals surface area contributed by atoms with E-state index in [4.69, 9.17) is 16.3 Å². The van der Waals surface area contributed by atoms with Crippen molar-refractivity contribution in [3.8, 4) is 0 Å². The maximum Gasteiger partial charge on any atom is 0.413 e. The molecular formula is C19H23ClN4O3S. The predicted octanol–water partition coefficient (Wildman–Crippen LogP) is 4.07. The average Bonchev–Trinajstić information content (AvgIpc) is 3.09. The molecule has 3 amide bonds. The molecule has 0 bridgehead atoms. The fraction of sp³-hybridized carbons (Fsp3) is 0.421. The zero-order chi connectivity index (χ0) is 19.9. The molecule has 0 saturated carbocycles. The lowest BCUT2D eigenvalue weighted by atomic mass is 10.0. The molecule has 28 heavy (non-hydrogen) atoms. The molecule has 1 aliphatic rings. The molecule has 0 aliphatic heterocycles. The lowest BCUT2D eigenvalue weighted by Gasteiger charge is -2.18. The lowest BCUT2D eigenvalue weighted by Crippen LogP contribution is -2.39. The molecule has 3 rings (SSSR count). The number of benzene rings is 1. The molecule has 9 heteroatoms. The average molecular weight is 423 g/mol. The van der Waals surface area contributed by atoms with E-state index in [0.717, 1.165) is 30.5 Å². The highest BCUT2D eigenvalue weighted by Gasteiger charge is 2.17. The Kier molecular flexibility index (Phi) is 7.11. The number of nitrogens with one attached hydrogen (secondary N) is 2. The highest BCUT2D eigenvalue weighted by atomic mass is 35.5. The van der Waals surface area contributed by atoms with Crippen molar-refractivity contribution in [1.29, 1.82) is 0 Å². The Morgan fingerprint density at radius 2 is 2.07 bits per heavy atom. The van der Waals surface area contributed by atoms with Gasteiger partial charge in [0.25, 0.3) is 0 Å². The zero-order valence-electron chi connectivity index (χ0n) is 15.7. The first-order chi connectivity index (χ1) is 13.5. The van der Waals surface area contributed by atoms with Crippen LogP contribution >= 0.6 is 22.9 Å². The van der Waals surface area contributed by atoms with Crippen molar-refractivity contribution in [3.63, 3.8) is 0 Å². The molecule has 0 radical (unpaired) electrons. The largest absolute Gasteiger partial charge is 0.447 e. The SMILES string of the molecule is CN(CCOC(=O)Nc1nc2c(s1)CCCC2)C(=O)NCc1ccccc1Cl. The van der Waals surface area contributed by atoms with Gasteiger partial charge in [0.2, 0.25) is 0 Å². The van der Waals surface area contributed by atoms with Crippen LogP contribution in [0.25, 0.3) is 0 Å². The van der Waals surface area contributed by atoms with Crippen LogP contribution in [-0.2, 0) is 24.1 Å². The van der Waals surface area contributed by atoms with Gasteiger partial charge in [0.15, 0.2) is 5.13 Å². The number of anilines is 1. The molecule has 0 unspecified atom stereocenters. The number of amides is 3. The number of urea groups is 1. The maximum atomic E-state index is 12.1. The number of rotatable bonds is 6. The standard InChI is InChI=1S/C19H23ClN4O3S/c1-24(18(25)21-12-13-6-2-3-7-14(13)20)10-11-27-19(26)23-17-22-15-8-4-5-9-16(15)28-17/h2-3,6-7H,4-5,8-12H2,1H3,(H,21,25)(H,22,23,26). The highest BCUT2D eigenvalue weighted by Crippen LogP contribution is 2.29. The number of halogens is 1. The van der Waals surface area contributed by atoms with Crippen LogP contribution in [0.5, 0.6) is 0 Å². The molecule has 2 N–H and O–H groups in total. The third kappa shape index (κ3) is 5.59. The van der Waals surface area contributed by atoms with Crippen LogP contribution < -0.4 is 10.6 Å². The van der Waals surface area contributed by atoms with Crippen molar-refractivity contribution in [1.82, 2.24) is 15.2 Å². The van der Waals surface area contributed by atoms with Crippen LogP contribution in [0.2, 0.25) is 5.02 Å². The number of carbonyl (C=O) groups is 2. The van der Waals surface area contributed by atoms with E-state index in [0.29, 0.717) is 16.7 Å². The van der Waals surface area contributed by atoms with E-state index in [1.54, 1.807) is 13.1 Å². The third-order valence-electron chi connectivity index (χ3n) is 4.45. The quantitative estimate of drug-likeness (QED) is 0.735. The van der Waals surface area contributed by atoms with Crippen LogP contribution in [0.1, 0.15) is 29.0 Å². The molecule has 2 aromatic rings. The van der Waals surface area contributed by atoms with Gasteiger partial charge in [0.05, 0.1) is 12.2 Å². The minimum Gasteiger partial charge on any atom is -0.447 e. The molecule has 7 nitrogen and oxygen atoms in total. The number of hydrogen-bond acceptors (Lipinski definition) is 5. The summed E-state index contributed by atoms with van der Waals surface area (Å²) in [6, 6.07) is 7.06. The van der Waals surface area contributed by atoms with Gasteiger partial charge >= 0.3 is 12.1 Å². The van der Waals surface area contributed by atoms with Crippen LogP contribution in [0.15, 0.2) is 24.3 Å². The Hall–Kier alpha value is -2.32. The summed E-state index contributed by atoms with van der Waals surface area (Å²) in [6.07, 6.45) is 3.75. The Labute approximate surface area is 173 Å². The van der Waals surface area contributed by atoms with Gasteiger partial charge in [-0.25, -0.2) is 14.6 Å². The van der Waals surface area contributed by atoms with Crippen LogP contribution in [0.4, 0.5) is 14.7 Å². The molecular weight excluding hydrogens is 400 g/mol. The second kappa shape index (κ2) is 9.75. The van der Waals surface area contributed by atoms with Crippen molar-refractivity contribution in [3.05, 3.63) is 45.4 Å². The van der Waals surface area contributed by atoms with E-state index in [1.165, 1.54) is 27.5 Å². The number of fused-ring (bicyclic) bond motifs is 1. The Morgan fingerprint density at radius 3 is 2.86 bits per heavy atom. The minimum absolute atomic E-state index is 0.0902. The van der Waals surface area contributed by atoms with Crippen molar-refractivity contribution in [2.24, 2.45) is 0 Å². The summed E-state index contributed by atoms with van der Waals surface area (Å²) in [5, 5.41) is 6.63. The maximum absolute atomic E-state index is 12.1. The van der Waals surface area contributed by atoms with Crippen molar-refractivity contribution < 1.29 is 14.3 Å².